The van der Waals surface area contributed by atoms with Crippen LogP contribution in [0.3, 0.4) is 0 Å². The molecule has 0 saturated heterocycles. The Morgan fingerprint density at radius 2 is 2.07 bits per heavy atom. The molecule has 0 saturated carbocycles. The molecule has 1 aromatic rings. The first-order valence-corrected chi connectivity index (χ1v) is 4.01. The van der Waals surface area contributed by atoms with E-state index in [0.29, 0.717) is 0 Å². The number of hydrogen-bond acceptors (Lipinski definition) is 4. The van der Waals surface area contributed by atoms with E-state index in [1.807, 2.05) is 0 Å². The Balaban J connectivity index is 2.62. The van der Waals surface area contributed by atoms with Gasteiger partial charge in [0.15, 0.2) is 6.23 Å². The molecule has 0 bridgehead atoms. The van der Waals surface area contributed by atoms with Gasteiger partial charge in [0.1, 0.15) is 5.69 Å². The zero-order valence-electron chi connectivity index (χ0n) is 7.12. The molecule has 0 spiro atoms. The minimum atomic E-state index is -1.37. The molecule has 6 heteroatoms. The summed E-state index contributed by atoms with van der Waals surface area (Å²) in [5.74, 6) is -0.776. The van der Waals surface area contributed by atoms with Crippen molar-refractivity contribution in [1.82, 2.24) is 9.63 Å². The van der Waals surface area contributed by atoms with E-state index in [9.17, 15) is 14.7 Å². The number of nitrogens with zero attached hydrogens (tertiary/aromatic N) is 2. The first-order chi connectivity index (χ1) is 6.61. The van der Waals surface area contributed by atoms with Gasteiger partial charge in [-0.1, -0.05) is 6.07 Å². The van der Waals surface area contributed by atoms with Crippen LogP contribution < -0.4 is 5.56 Å². The number of pyridine rings is 1. The first-order valence-electron chi connectivity index (χ1n) is 4.01. The molecule has 0 aromatic carbocycles. The van der Waals surface area contributed by atoms with Gasteiger partial charge in [0.2, 0.25) is 0 Å². The number of amides is 1. The van der Waals surface area contributed by atoms with Crippen molar-refractivity contribution in [1.29, 1.82) is 0 Å². The van der Waals surface area contributed by atoms with Crippen LogP contribution in [0.15, 0.2) is 23.0 Å². The summed E-state index contributed by atoms with van der Waals surface area (Å²) < 4.78 is 1.12. The largest absolute Gasteiger partial charge is 0.370 e. The van der Waals surface area contributed by atoms with Crippen LogP contribution in [-0.4, -0.2) is 32.1 Å². The molecular weight excluding hydrogens is 188 g/mol. The van der Waals surface area contributed by atoms with Gasteiger partial charge in [-0.3, -0.25) is 19.4 Å². The summed E-state index contributed by atoms with van der Waals surface area (Å²) >= 11 is 0. The maximum Gasteiger partial charge on any atom is 0.296 e. The molecule has 2 N–H and O–H groups in total. The lowest BCUT2D eigenvalue weighted by Gasteiger charge is -2.28. The number of rotatable bonds is 0. The summed E-state index contributed by atoms with van der Waals surface area (Å²) in [5.41, 5.74) is -0.298. The molecule has 1 atom stereocenters. The molecule has 2 heterocycles. The van der Waals surface area contributed by atoms with E-state index >= 15 is 0 Å². The Labute approximate surface area is 78.6 Å². The second kappa shape index (κ2) is 2.93. The topological polar surface area (TPSA) is 82.8 Å². The van der Waals surface area contributed by atoms with Crippen LogP contribution in [0.2, 0.25) is 0 Å². The fourth-order valence-electron chi connectivity index (χ4n) is 1.39. The molecule has 0 aliphatic carbocycles. The highest BCUT2D eigenvalue weighted by atomic mass is 16.5. The Bertz CT molecular complexity index is 439. The number of aromatic nitrogens is 1. The van der Waals surface area contributed by atoms with Gasteiger partial charge in [-0.2, -0.15) is 5.06 Å². The first kappa shape index (κ1) is 8.92. The SMILES string of the molecule is O=C1c2cccc(=O)n2CC(O)N1O. The van der Waals surface area contributed by atoms with Gasteiger partial charge in [0, 0.05) is 6.07 Å². The highest BCUT2D eigenvalue weighted by Crippen LogP contribution is 2.11. The average molecular weight is 196 g/mol. The Morgan fingerprint density at radius 1 is 1.36 bits per heavy atom. The summed E-state index contributed by atoms with van der Waals surface area (Å²) in [6, 6.07) is 4.13. The van der Waals surface area contributed by atoms with Gasteiger partial charge in [0.05, 0.1) is 6.54 Å². The van der Waals surface area contributed by atoms with E-state index < -0.39 is 12.1 Å². The van der Waals surface area contributed by atoms with E-state index in [1.165, 1.54) is 18.2 Å². The van der Waals surface area contributed by atoms with Crippen LogP contribution in [0.1, 0.15) is 10.5 Å². The van der Waals surface area contributed by atoms with Crippen molar-refractivity contribution in [3.8, 4) is 0 Å². The molecule has 1 aliphatic heterocycles. The van der Waals surface area contributed by atoms with Gasteiger partial charge in [-0.15, -0.1) is 0 Å². The van der Waals surface area contributed by atoms with E-state index in [-0.39, 0.29) is 22.9 Å². The van der Waals surface area contributed by atoms with Crippen LogP contribution >= 0.6 is 0 Å². The fourth-order valence-corrected chi connectivity index (χ4v) is 1.39. The Kier molecular flexibility index (Phi) is 1.87. The lowest BCUT2D eigenvalue weighted by molar-refractivity contribution is -0.169. The number of carbonyl (C=O) groups excluding carboxylic acids is 1. The summed E-state index contributed by atoms with van der Waals surface area (Å²) in [7, 11) is 0. The normalized spacial score (nSPS) is 20.9. The third kappa shape index (κ3) is 1.12. The Morgan fingerprint density at radius 3 is 2.79 bits per heavy atom. The summed E-state index contributed by atoms with van der Waals surface area (Å²) in [6.07, 6.45) is -1.37. The molecule has 74 valence electrons. The van der Waals surface area contributed by atoms with Crippen LogP contribution in [0.5, 0.6) is 0 Å². The maximum absolute atomic E-state index is 11.3. The monoisotopic (exact) mass is 196 g/mol. The predicted octanol–water partition coefficient (Wildman–Crippen LogP) is -0.988. The molecule has 14 heavy (non-hydrogen) atoms. The van der Waals surface area contributed by atoms with Gasteiger partial charge in [-0.25, -0.2) is 0 Å². The van der Waals surface area contributed by atoms with Crippen molar-refractivity contribution in [2.24, 2.45) is 0 Å². The third-order valence-corrected chi connectivity index (χ3v) is 2.11. The van der Waals surface area contributed by atoms with Crippen molar-refractivity contribution >= 4 is 5.91 Å². The van der Waals surface area contributed by atoms with Gasteiger partial charge in [0.25, 0.3) is 11.5 Å². The second-order valence-corrected chi connectivity index (χ2v) is 2.99. The standard InChI is InChI=1S/C8H8N2O4/c11-6-3-1-2-5-8(13)10(14)7(12)4-9(5)6/h1-3,7,12,14H,4H2. The average Bonchev–Trinajstić information content (AvgIpc) is 2.17. The number of fused-ring (bicyclic) bond motifs is 1. The van der Waals surface area contributed by atoms with Crippen LogP contribution in [-0.2, 0) is 6.54 Å². The van der Waals surface area contributed by atoms with Gasteiger partial charge >= 0.3 is 0 Å². The molecule has 0 radical (unpaired) electrons. The molecule has 2 rings (SSSR count). The van der Waals surface area contributed by atoms with Crippen LogP contribution in [0, 0.1) is 0 Å². The number of hydrogen-bond donors (Lipinski definition) is 2. The van der Waals surface area contributed by atoms with Gasteiger partial charge < -0.3 is 5.11 Å². The molecule has 6 nitrogen and oxygen atoms in total. The van der Waals surface area contributed by atoms with E-state index in [0.717, 1.165) is 4.57 Å². The fraction of sp³-hybridized carbons (Fsp3) is 0.250. The smallest absolute Gasteiger partial charge is 0.296 e. The molecule has 0 fully saturated rings. The minimum Gasteiger partial charge on any atom is -0.370 e. The number of aliphatic hydroxyl groups is 1. The van der Waals surface area contributed by atoms with Crippen molar-refractivity contribution < 1.29 is 15.1 Å². The van der Waals surface area contributed by atoms with E-state index in [1.54, 1.807) is 0 Å². The molecule has 1 unspecified atom stereocenters. The lowest BCUT2D eigenvalue weighted by Crippen LogP contribution is -2.49. The van der Waals surface area contributed by atoms with E-state index in [4.69, 9.17) is 5.21 Å². The van der Waals surface area contributed by atoms with Crippen molar-refractivity contribution in [2.75, 3.05) is 0 Å². The van der Waals surface area contributed by atoms with Crippen molar-refractivity contribution in [3.63, 3.8) is 0 Å². The Hall–Kier alpha value is -1.66. The van der Waals surface area contributed by atoms with Gasteiger partial charge in [-0.05, 0) is 6.07 Å². The lowest BCUT2D eigenvalue weighted by atomic mass is 10.2. The van der Waals surface area contributed by atoms with Crippen molar-refractivity contribution in [2.45, 2.75) is 12.8 Å². The third-order valence-electron chi connectivity index (χ3n) is 2.11. The number of aliphatic hydroxyl groups excluding tert-OH is 1. The predicted molar refractivity (Wildman–Crippen MR) is 44.7 cm³/mol. The molecule has 1 aromatic heterocycles. The second-order valence-electron chi connectivity index (χ2n) is 2.99. The molecule has 1 aliphatic rings. The van der Waals surface area contributed by atoms with Crippen molar-refractivity contribution in [3.05, 3.63) is 34.2 Å². The van der Waals surface area contributed by atoms with Crippen LogP contribution in [0.4, 0.5) is 0 Å². The maximum atomic E-state index is 11.3. The summed E-state index contributed by atoms with van der Waals surface area (Å²) in [5, 5.41) is 18.5. The summed E-state index contributed by atoms with van der Waals surface area (Å²) in [4.78, 5) is 22.6. The summed E-state index contributed by atoms with van der Waals surface area (Å²) in [6.45, 7) is -0.114. The number of hydroxylamine groups is 2. The molecule has 1 amide bonds. The van der Waals surface area contributed by atoms with E-state index in [2.05, 4.69) is 0 Å². The minimum absolute atomic E-state index is 0.0744. The quantitative estimate of drug-likeness (QED) is 0.522. The zero-order chi connectivity index (χ0) is 10.3. The van der Waals surface area contributed by atoms with Crippen LogP contribution in [0.25, 0.3) is 0 Å². The zero-order valence-corrected chi connectivity index (χ0v) is 7.12. The number of carbonyl (C=O) groups is 1. The highest BCUT2D eigenvalue weighted by Gasteiger charge is 2.30. The highest BCUT2D eigenvalue weighted by molar-refractivity contribution is 5.92. The molecular formula is C8H8N2O4.